The second kappa shape index (κ2) is 5.19. The van der Waals surface area contributed by atoms with Gasteiger partial charge >= 0.3 is 0 Å². The van der Waals surface area contributed by atoms with Crippen molar-refractivity contribution in [2.24, 2.45) is 11.0 Å². The standard InChI is InChI=1S/C12H23N3/c1-6-10(9-14(2)3)12(11-7-8-11)13-15(4)5/h9,11H,6-8H2,1-5H3. The Balaban J connectivity index is 2.86. The summed E-state index contributed by atoms with van der Waals surface area (Å²) in [4.78, 5) is 2.10. The zero-order chi connectivity index (χ0) is 11.4. The molecule has 1 saturated carbocycles. The van der Waals surface area contributed by atoms with Gasteiger partial charge in [0.1, 0.15) is 0 Å². The Kier molecular flexibility index (Phi) is 4.18. The van der Waals surface area contributed by atoms with Gasteiger partial charge in [-0.05, 0) is 24.8 Å². The fourth-order valence-electron chi connectivity index (χ4n) is 1.63. The number of hydrogen-bond donors (Lipinski definition) is 0. The van der Waals surface area contributed by atoms with Gasteiger partial charge in [0.2, 0.25) is 0 Å². The van der Waals surface area contributed by atoms with Gasteiger partial charge in [-0.25, -0.2) is 0 Å². The Bertz CT molecular complexity index is 260. The van der Waals surface area contributed by atoms with Gasteiger partial charge in [0.05, 0.1) is 5.71 Å². The zero-order valence-electron chi connectivity index (χ0n) is 10.6. The van der Waals surface area contributed by atoms with Crippen molar-refractivity contribution in [1.29, 1.82) is 0 Å². The van der Waals surface area contributed by atoms with Crippen molar-refractivity contribution in [3.8, 4) is 0 Å². The highest BCUT2D eigenvalue weighted by atomic mass is 15.4. The maximum atomic E-state index is 4.62. The molecule has 0 aromatic carbocycles. The molecule has 0 unspecified atom stereocenters. The third kappa shape index (κ3) is 3.94. The number of hydrogen-bond acceptors (Lipinski definition) is 3. The van der Waals surface area contributed by atoms with Gasteiger partial charge in [0.15, 0.2) is 0 Å². The molecular formula is C12H23N3. The Morgan fingerprint density at radius 1 is 1.27 bits per heavy atom. The Morgan fingerprint density at radius 3 is 2.20 bits per heavy atom. The van der Waals surface area contributed by atoms with Gasteiger partial charge in [-0.15, -0.1) is 0 Å². The second-order valence-electron chi connectivity index (χ2n) is 4.58. The average molecular weight is 209 g/mol. The Hall–Kier alpha value is -0.990. The number of allylic oxidation sites excluding steroid dienone is 1. The van der Waals surface area contributed by atoms with Crippen LogP contribution in [0.5, 0.6) is 0 Å². The molecule has 0 spiro atoms. The number of rotatable bonds is 5. The quantitative estimate of drug-likeness (QED) is 0.510. The summed E-state index contributed by atoms with van der Waals surface area (Å²) in [5.41, 5.74) is 2.66. The van der Waals surface area contributed by atoms with Gasteiger partial charge in [-0.1, -0.05) is 6.92 Å². The summed E-state index contributed by atoms with van der Waals surface area (Å²) in [6.07, 6.45) is 5.86. The van der Waals surface area contributed by atoms with E-state index in [1.807, 2.05) is 19.1 Å². The molecule has 0 aliphatic heterocycles. The van der Waals surface area contributed by atoms with Crippen LogP contribution in [0.15, 0.2) is 16.9 Å². The lowest BCUT2D eigenvalue weighted by Crippen LogP contribution is -2.15. The van der Waals surface area contributed by atoms with E-state index in [-0.39, 0.29) is 0 Å². The summed E-state index contributed by atoms with van der Waals surface area (Å²) >= 11 is 0. The molecule has 0 atom stereocenters. The van der Waals surface area contributed by atoms with Gasteiger partial charge < -0.3 is 9.91 Å². The van der Waals surface area contributed by atoms with E-state index in [9.17, 15) is 0 Å². The smallest absolute Gasteiger partial charge is 0.0682 e. The number of nitrogens with zero attached hydrogens (tertiary/aromatic N) is 3. The molecule has 1 fully saturated rings. The van der Waals surface area contributed by atoms with Gasteiger partial charge in [-0.3, -0.25) is 0 Å². The summed E-state index contributed by atoms with van der Waals surface area (Å²) in [5, 5.41) is 6.53. The third-order valence-corrected chi connectivity index (χ3v) is 2.40. The highest BCUT2D eigenvalue weighted by Gasteiger charge is 2.29. The third-order valence-electron chi connectivity index (χ3n) is 2.40. The van der Waals surface area contributed by atoms with Crippen molar-refractivity contribution in [3.63, 3.8) is 0 Å². The highest BCUT2D eigenvalue weighted by molar-refractivity contribution is 6.02. The van der Waals surface area contributed by atoms with E-state index in [4.69, 9.17) is 0 Å². The molecule has 1 aliphatic carbocycles. The first-order chi connectivity index (χ1) is 7.04. The summed E-state index contributed by atoms with van der Waals surface area (Å²) < 4.78 is 0. The molecular weight excluding hydrogens is 186 g/mol. The summed E-state index contributed by atoms with van der Waals surface area (Å²) in [7, 11) is 8.11. The van der Waals surface area contributed by atoms with E-state index in [1.54, 1.807) is 0 Å². The van der Waals surface area contributed by atoms with Crippen LogP contribution in [0.25, 0.3) is 0 Å². The lowest BCUT2D eigenvalue weighted by atomic mass is 10.1. The van der Waals surface area contributed by atoms with E-state index >= 15 is 0 Å². The minimum absolute atomic E-state index is 0.707. The van der Waals surface area contributed by atoms with Crippen LogP contribution >= 0.6 is 0 Å². The van der Waals surface area contributed by atoms with Crippen LogP contribution in [0.3, 0.4) is 0 Å². The maximum absolute atomic E-state index is 4.62. The molecule has 0 bridgehead atoms. The SMILES string of the molecule is CCC(=CN(C)C)C(=NN(C)C)C1CC1. The second-order valence-corrected chi connectivity index (χ2v) is 4.58. The minimum atomic E-state index is 0.707. The van der Waals surface area contributed by atoms with Gasteiger partial charge in [0, 0.05) is 40.3 Å². The average Bonchev–Trinajstić information content (AvgIpc) is 2.93. The lowest BCUT2D eigenvalue weighted by molar-refractivity contribution is 0.435. The lowest BCUT2D eigenvalue weighted by Gasteiger charge is -2.15. The monoisotopic (exact) mass is 209 g/mol. The first-order valence-electron chi connectivity index (χ1n) is 5.68. The highest BCUT2D eigenvalue weighted by Crippen LogP contribution is 2.34. The van der Waals surface area contributed by atoms with Crippen LogP contribution in [-0.2, 0) is 0 Å². The normalized spacial score (nSPS) is 17.9. The molecule has 0 radical (unpaired) electrons. The first kappa shape index (κ1) is 12.1. The fourth-order valence-corrected chi connectivity index (χ4v) is 1.63. The van der Waals surface area contributed by atoms with Crippen LogP contribution in [-0.4, -0.2) is 43.8 Å². The molecule has 0 saturated heterocycles. The molecule has 86 valence electrons. The molecule has 3 heteroatoms. The van der Waals surface area contributed by atoms with Crippen LogP contribution < -0.4 is 0 Å². The van der Waals surface area contributed by atoms with Crippen molar-refractivity contribution < 1.29 is 0 Å². The van der Waals surface area contributed by atoms with Crippen LogP contribution in [0.1, 0.15) is 26.2 Å². The molecule has 0 N–H and O–H groups in total. The van der Waals surface area contributed by atoms with Crippen molar-refractivity contribution in [2.45, 2.75) is 26.2 Å². The van der Waals surface area contributed by atoms with Gasteiger partial charge in [0.25, 0.3) is 0 Å². The molecule has 1 aliphatic rings. The molecule has 0 aromatic heterocycles. The molecule has 15 heavy (non-hydrogen) atoms. The van der Waals surface area contributed by atoms with E-state index in [0.29, 0.717) is 5.92 Å². The van der Waals surface area contributed by atoms with Crippen LogP contribution in [0.2, 0.25) is 0 Å². The van der Waals surface area contributed by atoms with Crippen molar-refractivity contribution in [2.75, 3.05) is 28.2 Å². The topological polar surface area (TPSA) is 18.8 Å². The van der Waals surface area contributed by atoms with Crippen LogP contribution in [0.4, 0.5) is 0 Å². The number of hydrazone groups is 1. The van der Waals surface area contributed by atoms with Crippen molar-refractivity contribution >= 4 is 5.71 Å². The predicted molar refractivity (Wildman–Crippen MR) is 65.9 cm³/mol. The largest absolute Gasteiger partial charge is 0.383 e. The molecule has 3 nitrogen and oxygen atoms in total. The summed E-state index contributed by atoms with van der Waals surface area (Å²) in [5.74, 6) is 0.707. The van der Waals surface area contributed by atoms with E-state index in [0.717, 1.165) is 6.42 Å². The molecule has 0 aromatic rings. The van der Waals surface area contributed by atoms with E-state index < -0.39 is 0 Å². The zero-order valence-corrected chi connectivity index (χ0v) is 10.6. The maximum Gasteiger partial charge on any atom is 0.0682 e. The molecule has 0 amide bonds. The molecule has 0 heterocycles. The van der Waals surface area contributed by atoms with Gasteiger partial charge in [-0.2, -0.15) is 5.10 Å². The van der Waals surface area contributed by atoms with E-state index in [2.05, 4.69) is 37.2 Å². The summed E-state index contributed by atoms with van der Waals surface area (Å²) in [6.45, 7) is 2.20. The van der Waals surface area contributed by atoms with E-state index in [1.165, 1.54) is 24.1 Å². The molecule has 1 rings (SSSR count). The summed E-state index contributed by atoms with van der Waals surface area (Å²) in [6, 6.07) is 0. The first-order valence-corrected chi connectivity index (χ1v) is 5.68. The Morgan fingerprint density at radius 2 is 1.87 bits per heavy atom. The predicted octanol–water partition coefficient (Wildman–Crippen LogP) is 2.17. The minimum Gasteiger partial charge on any atom is -0.383 e. The van der Waals surface area contributed by atoms with Crippen molar-refractivity contribution in [3.05, 3.63) is 11.8 Å². The fraction of sp³-hybridized carbons (Fsp3) is 0.750. The van der Waals surface area contributed by atoms with Crippen LogP contribution in [0, 0.1) is 5.92 Å². The Labute approximate surface area is 93.4 Å². The van der Waals surface area contributed by atoms with Crippen molar-refractivity contribution in [1.82, 2.24) is 9.91 Å².